The number of hydrogen-bond donors (Lipinski definition) is 0. The predicted molar refractivity (Wildman–Crippen MR) is 127 cm³/mol. The van der Waals surface area contributed by atoms with E-state index in [1.165, 1.54) is 23.8 Å². The zero-order chi connectivity index (χ0) is 23.3. The number of amides is 1. The topological polar surface area (TPSA) is 77.4 Å². The zero-order valence-corrected chi connectivity index (χ0v) is 19.6. The minimum absolute atomic E-state index is 0.0236. The average molecular weight is 455 g/mol. The minimum Gasteiger partial charge on any atom is -0.490 e. The number of aliphatic imine (C=N–C) groups is 1. The summed E-state index contributed by atoms with van der Waals surface area (Å²) in [4.78, 5) is 31.1. The zero-order valence-electron chi connectivity index (χ0n) is 18.7. The van der Waals surface area contributed by atoms with Gasteiger partial charge in [-0.15, -0.1) is 0 Å². The minimum atomic E-state index is -0.439. The summed E-state index contributed by atoms with van der Waals surface area (Å²) in [7, 11) is 3.00. The highest BCUT2D eigenvalue weighted by Crippen LogP contribution is 2.35. The van der Waals surface area contributed by atoms with Gasteiger partial charge in [-0.3, -0.25) is 9.69 Å². The highest BCUT2D eigenvalue weighted by atomic mass is 32.2. The van der Waals surface area contributed by atoms with Crippen LogP contribution in [0.15, 0.2) is 52.4 Å². The van der Waals surface area contributed by atoms with Gasteiger partial charge >= 0.3 is 5.97 Å². The number of likely N-dealkylation sites (N-methyl/N-ethyl adjacent to an activating group) is 1. The Hall–Kier alpha value is -3.26. The van der Waals surface area contributed by atoms with Crippen LogP contribution in [0.1, 0.15) is 36.7 Å². The second kappa shape index (κ2) is 10.4. The largest absolute Gasteiger partial charge is 0.490 e. The van der Waals surface area contributed by atoms with E-state index in [-0.39, 0.29) is 12.0 Å². The van der Waals surface area contributed by atoms with Gasteiger partial charge in [0.15, 0.2) is 16.7 Å². The fourth-order valence-electron chi connectivity index (χ4n) is 2.97. The van der Waals surface area contributed by atoms with Crippen molar-refractivity contribution in [1.82, 2.24) is 4.90 Å². The van der Waals surface area contributed by atoms with Crippen LogP contribution in [-0.2, 0) is 9.53 Å². The number of carbonyl (C=O) groups is 2. The monoisotopic (exact) mass is 454 g/mol. The summed E-state index contributed by atoms with van der Waals surface area (Å²) < 4.78 is 16.3. The molecule has 168 valence electrons. The van der Waals surface area contributed by atoms with Gasteiger partial charge in [0.2, 0.25) is 0 Å². The number of methoxy groups -OCH3 is 1. The van der Waals surface area contributed by atoms with E-state index in [0.717, 1.165) is 5.56 Å². The molecule has 0 aliphatic carbocycles. The maximum Gasteiger partial charge on any atom is 0.337 e. The summed E-state index contributed by atoms with van der Waals surface area (Å²) in [5.41, 5.74) is 1.78. The summed E-state index contributed by atoms with van der Waals surface area (Å²) in [5, 5.41) is 0.521. The molecule has 7 nitrogen and oxygen atoms in total. The fourth-order valence-corrected chi connectivity index (χ4v) is 3.95. The molecule has 1 saturated heterocycles. The Kier molecular flexibility index (Phi) is 7.58. The van der Waals surface area contributed by atoms with Gasteiger partial charge in [-0.05, 0) is 74.5 Å². The standard InChI is InChI=1S/C24H26N2O5S/c1-6-30-20-12-16(10-11-19(20)31-15(2)3)13-21-22(27)26(4)24(32-21)25-18-9-7-8-17(14-18)23(28)29-5/h7-15H,6H2,1-5H3. The number of amidine groups is 1. The normalized spacial score (nSPS) is 16.2. The van der Waals surface area contributed by atoms with Gasteiger partial charge in [0.05, 0.1) is 36.0 Å². The molecule has 3 rings (SSSR count). The smallest absolute Gasteiger partial charge is 0.337 e. The molecule has 1 aliphatic rings. The molecule has 0 saturated carbocycles. The Morgan fingerprint density at radius 3 is 2.66 bits per heavy atom. The first-order valence-corrected chi connectivity index (χ1v) is 11.0. The van der Waals surface area contributed by atoms with Crippen molar-refractivity contribution < 1.29 is 23.8 Å². The molecule has 0 unspecified atom stereocenters. The number of hydrogen-bond acceptors (Lipinski definition) is 7. The Bertz CT molecular complexity index is 1080. The van der Waals surface area contributed by atoms with Crippen LogP contribution in [0.2, 0.25) is 0 Å². The summed E-state index contributed by atoms with van der Waals surface area (Å²) >= 11 is 1.27. The first-order valence-electron chi connectivity index (χ1n) is 10.2. The van der Waals surface area contributed by atoms with Gasteiger partial charge in [-0.25, -0.2) is 9.79 Å². The number of esters is 1. The van der Waals surface area contributed by atoms with Gasteiger partial charge in [-0.1, -0.05) is 12.1 Å². The fraction of sp³-hybridized carbons (Fsp3) is 0.292. The Morgan fingerprint density at radius 1 is 1.19 bits per heavy atom. The van der Waals surface area contributed by atoms with E-state index in [2.05, 4.69) is 4.99 Å². The average Bonchev–Trinajstić information content (AvgIpc) is 3.02. The third kappa shape index (κ3) is 5.50. The first-order chi connectivity index (χ1) is 15.3. The van der Waals surface area contributed by atoms with Crippen molar-refractivity contribution in [3.63, 3.8) is 0 Å². The number of thioether (sulfide) groups is 1. The lowest BCUT2D eigenvalue weighted by Gasteiger charge is -2.15. The lowest BCUT2D eigenvalue weighted by Crippen LogP contribution is -2.23. The molecule has 0 atom stereocenters. The SMILES string of the molecule is CCOc1cc(C=C2SC(=Nc3cccc(C(=O)OC)c3)N(C)C2=O)ccc1OC(C)C. The number of rotatable bonds is 7. The van der Waals surface area contributed by atoms with Crippen molar-refractivity contribution >= 4 is 40.6 Å². The molecule has 1 aliphatic heterocycles. The summed E-state index contributed by atoms with van der Waals surface area (Å²) in [5.74, 6) is 0.705. The molecule has 0 aromatic heterocycles. The lowest BCUT2D eigenvalue weighted by atomic mass is 10.2. The molecule has 1 heterocycles. The third-order valence-electron chi connectivity index (χ3n) is 4.42. The van der Waals surface area contributed by atoms with Crippen molar-refractivity contribution in [2.75, 3.05) is 20.8 Å². The van der Waals surface area contributed by atoms with Crippen LogP contribution in [-0.4, -0.2) is 48.8 Å². The third-order valence-corrected chi connectivity index (χ3v) is 5.48. The van der Waals surface area contributed by atoms with Crippen LogP contribution in [0, 0.1) is 0 Å². The molecule has 8 heteroatoms. The quantitative estimate of drug-likeness (QED) is 0.438. The van der Waals surface area contributed by atoms with Gasteiger partial charge in [-0.2, -0.15) is 0 Å². The van der Waals surface area contributed by atoms with E-state index in [0.29, 0.717) is 39.4 Å². The van der Waals surface area contributed by atoms with E-state index in [9.17, 15) is 9.59 Å². The molecule has 0 N–H and O–H groups in total. The molecule has 1 amide bonds. The maximum absolute atomic E-state index is 12.8. The van der Waals surface area contributed by atoms with Crippen LogP contribution in [0.25, 0.3) is 6.08 Å². The van der Waals surface area contributed by atoms with Crippen molar-refractivity contribution in [3.05, 3.63) is 58.5 Å². The van der Waals surface area contributed by atoms with E-state index in [1.54, 1.807) is 37.4 Å². The summed E-state index contributed by atoms with van der Waals surface area (Å²) in [6.45, 7) is 6.33. The highest BCUT2D eigenvalue weighted by molar-refractivity contribution is 8.18. The van der Waals surface area contributed by atoms with E-state index >= 15 is 0 Å². The number of nitrogens with zero attached hydrogens (tertiary/aromatic N) is 2. The van der Waals surface area contributed by atoms with E-state index < -0.39 is 5.97 Å². The van der Waals surface area contributed by atoms with Crippen LogP contribution in [0.4, 0.5) is 5.69 Å². The van der Waals surface area contributed by atoms with Crippen LogP contribution >= 0.6 is 11.8 Å². The van der Waals surface area contributed by atoms with Gasteiger partial charge in [0, 0.05) is 7.05 Å². The van der Waals surface area contributed by atoms with Gasteiger partial charge < -0.3 is 14.2 Å². The molecule has 0 bridgehead atoms. The number of benzene rings is 2. The Labute approximate surface area is 192 Å². The van der Waals surface area contributed by atoms with Crippen LogP contribution in [0.5, 0.6) is 11.5 Å². The van der Waals surface area contributed by atoms with Gasteiger partial charge in [0.1, 0.15) is 0 Å². The molecular weight excluding hydrogens is 428 g/mol. The second-order valence-electron chi connectivity index (χ2n) is 7.22. The molecule has 2 aromatic rings. The molecular formula is C24H26N2O5S. The lowest BCUT2D eigenvalue weighted by molar-refractivity contribution is -0.121. The second-order valence-corrected chi connectivity index (χ2v) is 8.23. The first kappa shape index (κ1) is 23.4. The predicted octanol–water partition coefficient (Wildman–Crippen LogP) is 4.89. The molecule has 2 aromatic carbocycles. The highest BCUT2D eigenvalue weighted by Gasteiger charge is 2.30. The van der Waals surface area contributed by atoms with E-state index in [1.807, 2.05) is 39.0 Å². The number of ether oxygens (including phenoxy) is 3. The van der Waals surface area contributed by atoms with Crippen molar-refractivity contribution in [3.8, 4) is 11.5 Å². The van der Waals surface area contributed by atoms with Crippen molar-refractivity contribution in [2.24, 2.45) is 4.99 Å². The molecule has 0 spiro atoms. The van der Waals surface area contributed by atoms with Crippen molar-refractivity contribution in [1.29, 1.82) is 0 Å². The summed E-state index contributed by atoms with van der Waals surface area (Å²) in [6, 6.07) is 12.4. The Morgan fingerprint density at radius 2 is 1.97 bits per heavy atom. The Balaban J connectivity index is 1.88. The molecule has 0 radical (unpaired) electrons. The number of carbonyl (C=O) groups excluding carboxylic acids is 2. The van der Waals surface area contributed by atoms with Crippen LogP contribution < -0.4 is 9.47 Å². The van der Waals surface area contributed by atoms with Crippen molar-refractivity contribution in [2.45, 2.75) is 26.9 Å². The van der Waals surface area contributed by atoms with Crippen LogP contribution in [0.3, 0.4) is 0 Å². The summed E-state index contributed by atoms with van der Waals surface area (Å²) in [6.07, 6.45) is 1.83. The van der Waals surface area contributed by atoms with Gasteiger partial charge in [0.25, 0.3) is 5.91 Å². The maximum atomic E-state index is 12.8. The van der Waals surface area contributed by atoms with E-state index in [4.69, 9.17) is 14.2 Å². The molecule has 32 heavy (non-hydrogen) atoms. The molecule has 1 fully saturated rings.